The zero-order valence-electron chi connectivity index (χ0n) is 15.6. The van der Waals surface area contributed by atoms with Gasteiger partial charge in [-0.15, -0.1) is 0 Å². The molecule has 7 heteroatoms. The van der Waals surface area contributed by atoms with E-state index in [0.717, 1.165) is 21.3 Å². The molecule has 0 N–H and O–H groups in total. The Hall–Kier alpha value is -3.45. The standard InChI is InChI=1S/C22H17N3O3S/c1-2-28-19(26)13-17-21(27)25(22-23-16-9-5-6-10-18(16)29-22)20-15-8-4-3-7-14(15)11-12-24(17)20/h3-13,20H,2H2,1H3/b17-13-. The highest BCUT2D eigenvalue weighted by molar-refractivity contribution is 7.22. The van der Waals surface area contributed by atoms with Crippen LogP contribution >= 0.6 is 11.3 Å². The fourth-order valence-electron chi connectivity index (χ4n) is 3.70. The summed E-state index contributed by atoms with van der Waals surface area (Å²) in [6, 6.07) is 15.7. The first-order valence-electron chi connectivity index (χ1n) is 9.30. The van der Waals surface area contributed by atoms with Gasteiger partial charge in [0.15, 0.2) is 5.13 Å². The Kier molecular flexibility index (Phi) is 4.17. The number of thiazole rings is 1. The van der Waals surface area contributed by atoms with Crippen LogP contribution in [-0.2, 0) is 14.3 Å². The monoisotopic (exact) mass is 403 g/mol. The third kappa shape index (κ3) is 2.82. The van der Waals surface area contributed by atoms with Crippen molar-refractivity contribution in [3.8, 4) is 0 Å². The Labute approximate surface area is 171 Å². The maximum absolute atomic E-state index is 13.4. The Bertz CT molecular complexity index is 1160. The number of hydrogen-bond acceptors (Lipinski definition) is 6. The minimum Gasteiger partial charge on any atom is -0.463 e. The van der Waals surface area contributed by atoms with Crippen molar-refractivity contribution in [2.24, 2.45) is 0 Å². The number of nitrogens with zero attached hydrogens (tertiary/aromatic N) is 3. The van der Waals surface area contributed by atoms with Crippen molar-refractivity contribution in [2.45, 2.75) is 13.1 Å². The van der Waals surface area contributed by atoms with E-state index in [1.807, 2.05) is 65.7 Å². The van der Waals surface area contributed by atoms with Gasteiger partial charge in [-0.05, 0) is 30.7 Å². The summed E-state index contributed by atoms with van der Waals surface area (Å²) >= 11 is 1.46. The Morgan fingerprint density at radius 2 is 2.00 bits per heavy atom. The first kappa shape index (κ1) is 17.6. The number of fused-ring (bicyclic) bond motifs is 4. The van der Waals surface area contributed by atoms with Gasteiger partial charge in [-0.3, -0.25) is 9.69 Å². The predicted molar refractivity (Wildman–Crippen MR) is 112 cm³/mol. The average molecular weight is 403 g/mol. The second kappa shape index (κ2) is 6.86. The molecule has 1 atom stereocenters. The molecule has 1 saturated heterocycles. The Morgan fingerprint density at radius 3 is 2.83 bits per heavy atom. The summed E-state index contributed by atoms with van der Waals surface area (Å²) in [6.07, 6.45) is 4.65. The van der Waals surface area contributed by atoms with Crippen LogP contribution in [0.15, 0.2) is 66.5 Å². The van der Waals surface area contributed by atoms with E-state index >= 15 is 0 Å². The number of para-hydroxylation sites is 1. The molecule has 3 heterocycles. The van der Waals surface area contributed by atoms with Gasteiger partial charge in [0, 0.05) is 11.8 Å². The van der Waals surface area contributed by atoms with Crippen LogP contribution in [0, 0.1) is 0 Å². The number of anilines is 1. The molecular formula is C22H17N3O3S. The molecule has 2 aliphatic heterocycles. The second-order valence-electron chi connectivity index (χ2n) is 6.65. The second-order valence-corrected chi connectivity index (χ2v) is 7.66. The highest BCUT2D eigenvalue weighted by Crippen LogP contribution is 2.45. The summed E-state index contributed by atoms with van der Waals surface area (Å²) < 4.78 is 6.04. The van der Waals surface area contributed by atoms with Crippen molar-refractivity contribution in [2.75, 3.05) is 11.5 Å². The Morgan fingerprint density at radius 1 is 1.21 bits per heavy atom. The zero-order chi connectivity index (χ0) is 20.0. The van der Waals surface area contributed by atoms with Gasteiger partial charge in [0.05, 0.1) is 22.9 Å². The van der Waals surface area contributed by atoms with Gasteiger partial charge in [-0.1, -0.05) is 47.7 Å². The van der Waals surface area contributed by atoms with Crippen LogP contribution in [-0.4, -0.2) is 28.4 Å². The predicted octanol–water partition coefficient (Wildman–Crippen LogP) is 4.08. The number of benzene rings is 2. The van der Waals surface area contributed by atoms with Crippen LogP contribution in [0.2, 0.25) is 0 Å². The lowest BCUT2D eigenvalue weighted by atomic mass is 10.0. The van der Waals surface area contributed by atoms with Crippen LogP contribution in [0.5, 0.6) is 0 Å². The number of aromatic nitrogens is 1. The molecule has 1 fully saturated rings. The van der Waals surface area contributed by atoms with Crippen molar-refractivity contribution in [3.63, 3.8) is 0 Å². The summed E-state index contributed by atoms with van der Waals surface area (Å²) in [6.45, 7) is 1.99. The summed E-state index contributed by atoms with van der Waals surface area (Å²) in [4.78, 5) is 33.7. The lowest BCUT2D eigenvalue weighted by Crippen LogP contribution is -2.31. The van der Waals surface area contributed by atoms with Crippen LogP contribution in [0.1, 0.15) is 24.2 Å². The van der Waals surface area contributed by atoms with Crippen molar-refractivity contribution < 1.29 is 14.3 Å². The number of hydrogen-bond donors (Lipinski definition) is 0. The largest absolute Gasteiger partial charge is 0.463 e. The lowest BCUT2D eigenvalue weighted by Gasteiger charge is -2.31. The van der Waals surface area contributed by atoms with Crippen LogP contribution in [0.25, 0.3) is 16.3 Å². The van der Waals surface area contributed by atoms with Crippen LogP contribution < -0.4 is 4.90 Å². The first-order chi connectivity index (χ1) is 14.2. The molecule has 2 aromatic carbocycles. The molecule has 1 unspecified atom stereocenters. The average Bonchev–Trinajstić information content (AvgIpc) is 3.27. The smallest absolute Gasteiger partial charge is 0.333 e. The van der Waals surface area contributed by atoms with Gasteiger partial charge in [0.2, 0.25) is 0 Å². The summed E-state index contributed by atoms with van der Waals surface area (Å²) in [5, 5.41) is 0.601. The summed E-state index contributed by atoms with van der Waals surface area (Å²) in [5.74, 6) is -0.809. The van der Waals surface area contributed by atoms with E-state index < -0.39 is 12.1 Å². The van der Waals surface area contributed by atoms with Crippen molar-refractivity contribution >= 4 is 44.6 Å². The topological polar surface area (TPSA) is 62.7 Å². The Balaban J connectivity index is 1.67. The van der Waals surface area contributed by atoms with Gasteiger partial charge in [0.1, 0.15) is 11.9 Å². The number of esters is 1. The van der Waals surface area contributed by atoms with E-state index in [4.69, 9.17) is 4.74 Å². The van der Waals surface area contributed by atoms with E-state index in [2.05, 4.69) is 4.98 Å². The number of amides is 1. The maximum Gasteiger partial charge on any atom is 0.333 e. The molecule has 6 nitrogen and oxygen atoms in total. The van der Waals surface area contributed by atoms with Gasteiger partial charge in [0.25, 0.3) is 5.91 Å². The number of rotatable bonds is 3. The fourth-order valence-corrected chi connectivity index (χ4v) is 4.68. The van der Waals surface area contributed by atoms with Crippen LogP contribution in [0.3, 0.4) is 0 Å². The van der Waals surface area contributed by atoms with Gasteiger partial charge >= 0.3 is 5.97 Å². The third-order valence-corrected chi connectivity index (χ3v) is 5.98. The van der Waals surface area contributed by atoms with E-state index in [1.165, 1.54) is 17.4 Å². The zero-order valence-corrected chi connectivity index (χ0v) is 16.4. The van der Waals surface area contributed by atoms with E-state index in [-0.39, 0.29) is 18.2 Å². The molecule has 3 aromatic rings. The van der Waals surface area contributed by atoms with Crippen molar-refractivity contribution in [1.82, 2.24) is 9.88 Å². The molecule has 1 amide bonds. The van der Waals surface area contributed by atoms with E-state index in [9.17, 15) is 9.59 Å². The maximum atomic E-state index is 13.4. The lowest BCUT2D eigenvalue weighted by molar-refractivity contribution is -0.137. The van der Waals surface area contributed by atoms with Gasteiger partial charge in [-0.25, -0.2) is 9.78 Å². The quantitative estimate of drug-likeness (QED) is 0.487. The highest BCUT2D eigenvalue weighted by Gasteiger charge is 2.46. The first-order valence-corrected chi connectivity index (χ1v) is 10.1. The molecule has 29 heavy (non-hydrogen) atoms. The normalized spacial score (nSPS) is 19.0. The molecule has 0 saturated carbocycles. The van der Waals surface area contributed by atoms with Crippen molar-refractivity contribution in [1.29, 1.82) is 0 Å². The molecular weight excluding hydrogens is 386 g/mol. The highest BCUT2D eigenvalue weighted by atomic mass is 32.1. The van der Waals surface area contributed by atoms with Crippen molar-refractivity contribution in [3.05, 3.63) is 77.6 Å². The molecule has 2 aliphatic rings. The minimum absolute atomic E-state index is 0.250. The SMILES string of the molecule is CCOC(=O)/C=C1/C(=O)N(c2nc3ccccc3s2)C2c3ccccc3C=CN12. The van der Waals surface area contributed by atoms with Crippen LogP contribution in [0.4, 0.5) is 5.13 Å². The third-order valence-electron chi connectivity index (χ3n) is 4.94. The van der Waals surface area contributed by atoms with Gasteiger partial charge < -0.3 is 9.64 Å². The molecule has 1 aromatic heterocycles. The summed E-state index contributed by atoms with van der Waals surface area (Å²) in [7, 11) is 0. The number of carbonyl (C=O) groups is 2. The molecule has 144 valence electrons. The molecule has 0 bridgehead atoms. The number of carbonyl (C=O) groups excluding carboxylic acids is 2. The molecule has 0 spiro atoms. The van der Waals surface area contributed by atoms with E-state index in [0.29, 0.717) is 5.13 Å². The van der Waals surface area contributed by atoms with Gasteiger partial charge in [-0.2, -0.15) is 0 Å². The fraction of sp³-hybridized carbons (Fsp3) is 0.136. The number of ether oxygens (including phenoxy) is 1. The van der Waals surface area contributed by atoms with E-state index in [1.54, 1.807) is 11.8 Å². The molecule has 0 radical (unpaired) electrons. The molecule has 0 aliphatic carbocycles. The summed E-state index contributed by atoms with van der Waals surface area (Å²) in [5.41, 5.74) is 3.13. The molecule has 5 rings (SSSR count). The minimum atomic E-state index is -0.534.